The molecular weight excluding hydrogens is 194 g/mol. The Bertz CT molecular complexity index is 232. The number of aliphatic hydroxyl groups is 1. The van der Waals surface area contributed by atoms with Gasteiger partial charge in [-0.1, -0.05) is 13.3 Å². The molecule has 3 unspecified atom stereocenters. The number of hydrogen-bond donors (Lipinski definition) is 3. The van der Waals surface area contributed by atoms with Crippen molar-refractivity contribution in [2.24, 2.45) is 0 Å². The van der Waals surface area contributed by atoms with Crippen molar-refractivity contribution in [3.63, 3.8) is 0 Å². The second-order valence-corrected chi connectivity index (χ2v) is 4.64. The van der Waals surface area contributed by atoms with Crippen LogP contribution in [0.2, 0.25) is 0 Å². The maximum Gasteiger partial charge on any atom is 0.323 e. The van der Waals surface area contributed by atoms with Crippen molar-refractivity contribution in [2.75, 3.05) is 0 Å². The molecule has 1 rings (SSSR count). The van der Waals surface area contributed by atoms with Gasteiger partial charge in [0.25, 0.3) is 0 Å². The Hall–Kier alpha value is -0.610. The van der Waals surface area contributed by atoms with Crippen molar-refractivity contribution in [1.82, 2.24) is 5.32 Å². The van der Waals surface area contributed by atoms with E-state index in [2.05, 4.69) is 5.32 Å². The Morgan fingerprint density at radius 2 is 2.20 bits per heavy atom. The second kappa shape index (κ2) is 4.94. The normalized spacial score (nSPS) is 30.1. The molecule has 1 fully saturated rings. The summed E-state index contributed by atoms with van der Waals surface area (Å²) in [6.07, 6.45) is 3.64. The minimum atomic E-state index is -0.898. The van der Waals surface area contributed by atoms with Gasteiger partial charge in [-0.25, -0.2) is 0 Å². The summed E-state index contributed by atoms with van der Waals surface area (Å²) < 4.78 is 0. The largest absolute Gasteiger partial charge is 0.480 e. The Labute approximate surface area is 90.7 Å². The molecule has 1 aliphatic carbocycles. The third kappa shape index (κ3) is 2.92. The number of carboxylic acid groups (broad SMARTS) is 1. The molecular formula is C11H21NO3. The van der Waals surface area contributed by atoms with E-state index < -0.39 is 11.5 Å². The lowest BCUT2D eigenvalue weighted by Crippen LogP contribution is -2.55. The van der Waals surface area contributed by atoms with E-state index in [0.29, 0.717) is 6.42 Å². The first kappa shape index (κ1) is 12.5. The van der Waals surface area contributed by atoms with Gasteiger partial charge in [0.2, 0.25) is 0 Å². The number of carboxylic acids is 1. The molecule has 0 saturated heterocycles. The van der Waals surface area contributed by atoms with Crippen LogP contribution in [0.15, 0.2) is 0 Å². The molecule has 3 atom stereocenters. The number of rotatable bonds is 5. The highest BCUT2D eigenvalue weighted by atomic mass is 16.4. The highest BCUT2D eigenvalue weighted by Gasteiger charge is 2.37. The van der Waals surface area contributed by atoms with Crippen molar-refractivity contribution >= 4 is 5.97 Å². The van der Waals surface area contributed by atoms with E-state index >= 15 is 0 Å². The van der Waals surface area contributed by atoms with Crippen LogP contribution in [-0.2, 0) is 4.79 Å². The summed E-state index contributed by atoms with van der Waals surface area (Å²) in [7, 11) is 0. The standard InChI is InChI=1S/C11H21NO3/c1-3-7-11(2,10(14)15)12-8-5-4-6-9(8)13/h8-9,12-13H,3-7H2,1-2H3,(H,14,15). The van der Waals surface area contributed by atoms with Crippen LogP contribution in [0.4, 0.5) is 0 Å². The van der Waals surface area contributed by atoms with E-state index in [9.17, 15) is 9.90 Å². The molecule has 0 aromatic carbocycles. The average molecular weight is 215 g/mol. The summed E-state index contributed by atoms with van der Waals surface area (Å²) in [4.78, 5) is 11.2. The fourth-order valence-corrected chi connectivity index (χ4v) is 2.26. The molecule has 88 valence electrons. The predicted octanol–water partition coefficient (Wildman–Crippen LogP) is 1.13. The summed E-state index contributed by atoms with van der Waals surface area (Å²) in [5.74, 6) is -0.830. The van der Waals surface area contributed by atoms with E-state index in [0.717, 1.165) is 25.7 Å². The number of nitrogens with one attached hydrogen (secondary N) is 1. The van der Waals surface area contributed by atoms with Gasteiger partial charge in [-0.05, 0) is 32.6 Å². The zero-order chi connectivity index (χ0) is 11.5. The van der Waals surface area contributed by atoms with E-state index in [1.807, 2.05) is 6.92 Å². The van der Waals surface area contributed by atoms with Gasteiger partial charge in [0, 0.05) is 6.04 Å². The van der Waals surface area contributed by atoms with Gasteiger partial charge in [0.15, 0.2) is 0 Å². The third-order valence-electron chi connectivity index (χ3n) is 3.21. The van der Waals surface area contributed by atoms with Crippen LogP contribution in [0.25, 0.3) is 0 Å². The Morgan fingerprint density at radius 3 is 2.60 bits per heavy atom. The third-order valence-corrected chi connectivity index (χ3v) is 3.21. The fourth-order valence-electron chi connectivity index (χ4n) is 2.26. The fraction of sp³-hybridized carbons (Fsp3) is 0.909. The van der Waals surface area contributed by atoms with Gasteiger partial charge in [0.05, 0.1) is 6.10 Å². The SMILES string of the molecule is CCCC(C)(NC1CCCC1O)C(=O)O. The maximum atomic E-state index is 11.2. The average Bonchev–Trinajstić information content (AvgIpc) is 2.52. The molecule has 0 radical (unpaired) electrons. The molecule has 1 saturated carbocycles. The highest BCUT2D eigenvalue weighted by molar-refractivity contribution is 5.78. The van der Waals surface area contributed by atoms with Crippen molar-refractivity contribution in [2.45, 2.75) is 63.6 Å². The Morgan fingerprint density at radius 1 is 1.53 bits per heavy atom. The van der Waals surface area contributed by atoms with Crippen LogP contribution >= 0.6 is 0 Å². The molecule has 0 aliphatic heterocycles. The number of carbonyl (C=O) groups is 1. The van der Waals surface area contributed by atoms with Crippen molar-refractivity contribution in [3.8, 4) is 0 Å². The first-order chi connectivity index (χ1) is 6.99. The molecule has 4 nitrogen and oxygen atoms in total. The van der Waals surface area contributed by atoms with Crippen LogP contribution in [0.3, 0.4) is 0 Å². The molecule has 0 spiro atoms. The van der Waals surface area contributed by atoms with E-state index in [-0.39, 0.29) is 12.1 Å². The van der Waals surface area contributed by atoms with Gasteiger partial charge >= 0.3 is 5.97 Å². The van der Waals surface area contributed by atoms with E-state index in [1.54, 1.807) is 6.92 Å². The Balaban J connectivity index is 2.61. The van der Waals surface area contributed by atoms with Crippen molar-refractivity contribution in [1.29, 1.82) is 0 Å². The summed E-state index contributed by atoms with van der Waals surface area (Å²) in [6, 6.07) is -0.0577. The lowest BCUT2D eigenvalue weighted by molar-refractivity contribution is -0.145. The molecule has 0 aromatic heterocycles. The highest BCUT2D eigenvalue weighted by Crippen LogP contribution is 2.23. The monoisotopic (exact) mass is 215 g/mol. The quantitative estimate of drug-likeness (QED) is 0.643. The minimum absolute atomic E-state index is 0.0577. The topological polar surface area (TPSA) is 69.6 Å². The summed E-state index contributed by atoms with van der Waals surface area (Å²) in [5, 5.41) is 21.9. The van der Waals surface area contributed by atoms with Gasteiger partial charge < -0.3 is 10.2 Å². The zero-order valence-electron chi connectivity index (χ0n) is 9.49. The lowest BCUT2D eigenvalue weighted by atomic mass is 9.94. The predicted molar refractivity (Wildman–Crippen MR) is 57.7 cm³/mol. The van der Waals surface area contributed by atoms with Crippen LogP contribution in [0, 0.1) is 0 Å². The van der Waals surface area contributed by atoms with Gasteiger partial charge in [0.1, 0.15) is 5.54 Å². The van der Waals surface area contributed by atoms with Gasteiger partial charge in [-0.3, -0.25) is 10.1 Å². The van der Waals surface area contributed by atoms with E-state index in [4.69, 9.17) is 5.11 Å². The number of hydrogen-bond acceptors (Lipinski definition) is 3. The lowest BCUT2D eigenvalue weighted by Gasteiger charge is -2.31. The van der Waals surface area contributed by atoms with Crippen LogP contribution in [0.1, 0.15) is 46.0 Å². The van der Waals surface area contributed by atoms with Crippen LogP contribution in [-0.4, -0.2) is 33.9 Å². The zero-order valence-corrected chi connectivity index (χ0v) is 9.49. The molecule has 3 N–H and O–H groups in total. The second-order valence-electron chi connectivity index (χ2n) is 4.64. The Kier molecular flexibility index (Phi) is 4.11. The van der Waals surface area contributed by atoms with Crippen molar-refractivity contribution < 1.29 is 15.0 Å². The molecule has 0 aromatic rings. The van der Waals surface area contributed by atoms with Crippen LogP contribution < -0.4 is 5.32 Å². The van der Waals surface area contributed by atoms with Gasteiger partial charge in [-0.2, -0.15) is 0 Å². The summed E-state index contributed by atoms with van der Waals surface area (Å²) in [5.41, 5.74) is -0.898. The molecule has 4 heteroatoms. The molecule has 0 amide bonds. The number of aliphatic carboxylic acids is 1. The molecule has 0 heterocycles. The first-order valence-corrected chi connectivity index (χ1v) is 5.69. The molecule has 15 heavy (non-hydrogen) atoms. The first-order valence-electron chi connectivity index (χ1n) is 5.69. The van der Waals surface area contributed by atoms with E-state index in [1.165, 1.54) is 0 Å². The molecule has 1 aliphatic rings. The summed E-state index contributed by atoms with van der Waals surface area (Å²) >= 11 is 0. The van der Waals surface area contributed by atoms with Gasteiger partial charge in [-0.15, -0.1) is 0 Å². The maximum absolute atomic E-state index is 11.2. The summed E-state index contributed by atoms with van der Waals surface area (Å²) in [6.45, 7) is 3.66. The molecule has 0 bridgehead atoms. The van der Waals surface area contributed by atoms with Crippen molar-refractivity contribution in [3.05, 3.63) is 0 Å². The van der Waals surface area contributed by atoms with Crippen LogP contribution in [0.5, 0.6) is 0 Å². The number of aliphatic hydroxyl groups excluding tert-OH is 1. The minimum Gasteiger partial charge on any atom is -0.480 e. The smallest absolute Gasteiger partial charge is 0.323 e.